The van der Waals surface area contributed by atoms with E-state index >= 15 is 0 Å². The molecule has 0 spiro atoms. The van der Waals surface area contributed by atoms with Gasteiger partial charge in [0.15, 0.2) is 0 Å². The number of carbonyl (C=O) groups excluding carboxylic acids is 2. The van der Waals surface area contributed by atoms with Gasteiger partial charge in [-0.3, -0.25) is 9.59 Å². The molecule has 2 aromatic carbocycles. The van der Waals surface area contributed by atoms with E-state index in [9.17, 15) is 9.59 Å². The van der Waals surface area contributed by atoms with Gasteiger partial charge in [0.2, 0.25) is 11.8 Å². The van der Waals surface area contributed by atoms with Crippen LogP contribution < -0.4 is 14.8 Å². The van der Waals surface area contributed by atoms with E-state index in [0.717, 1.165) is 17.1 Å². The lowest BCUT2D eigenvalue weighted by Gasteiger charge is -2.29. The molecule has 2 rings (SSSR count). The number of benzene rings is 2. The molecular formula is C24H32N2O4. The second kappa shape index (κ2) is 11.9. The van der Waals surface area contributed by atoms with Crippen LogP contribution in [0.4, 0.5) is 0 Å². The Hall–Kier alpha value is -3.02. The summed E-state index contributed by atoms with van der Waals surface area (Å²) >= 11 is 0. The van der Waals surface area contributed by atoms with Crippen LogP contribution in [0.5, 0.6) is 11.5 Å². The van der Waals surface area contributed by atoms with E-state index in [2.05, 4.69) is 5.32 Å². The molecule has 0 saturated heterocycles. The van der Waals surface area contributed by atoms with Gasteiger partial charge in [0, 0.05) is 19.5 Å². The minimum Gasteiger partial charge on any atom is -0.497 e. The van der Waals surface area contributed by atoms with Gasteiger partial charge in [-0.05, 0) is 57.0 Å². The van der Waals surface area contributed by atoms with Crippen molar-refractivity contribution in [3.05, 3.63) is 59.7 Å². The first kappa shape index (κ1) is 23.3. The highest BCUT2D eigenvalue weighted by atomic mass is 16.5. The smallest absolute Gasteiger partial charge is 0.242 e. The van der Waals surface area contributed by atoms with Gasteiger partial charge >= 0.3 is 0 Å². The number of likely N-dealkylation sites (N-methyl/N-ethyl adjacent to an activating group) is 1. The van der Waals surface area contributed by atoms with Gasteiger partial charge in [-0.25, -0.2) is 0 Å². The van der Waals surface area contributed by atoms with Crippen LogP contribution in [0, 0.1) is 6.92 Å². The molecule has 0 heterocycles. The Bertz CT molecular complexity index is 803. The molecular weight excluding hydrogens is 380 g/mol. The number of hydrogen-bond acceptors (Lipinski definition) is 4. The first-order valence-corrected chi connectivity index (χ1v) is 10.3. The summed E-state index contributed by atoms with van der Waals surface area (Å²) in [5, 5.41) is 2.80. The summed E-state index contributed by atoms with van der Waals surface area (Å²) in [6.45, 7) is 6.98. The Balaban J connectivity index is 1.97. The van der Waals surface area contributed by atoms with Crippen molar-refractivity contribution in [2.75, 3.05) is 20.3 Å². The molecule has 0 aromatic heterocycles. The molecule has 6 nitrogen and oxygen atoms in total. The second-order valence-corrected chi connectivity index (χ2v) is 7.21. The maximum atomic E-state index is 12.9. The summed E-state index contributed by atoms with van der Waals surface area (Å²) in [4.78, 5) is 26.9. The van der Waals surface area contributed by atoms with E-state index in [1.165, 1.54) is 5.56 Å². The van der Waals surface area contributed by atoms with E-state index in [4.69, 9.17) is 9.47 Å². The highest BCUT2D eigenvalue weighted by Gasteiger charge is 2.25. The lowest BCUT2D eigenvalue weighted by atomic mass is 10.1. The Morgan fingerprint density at radius 1 is 1.03 bits per heavy atom. The minimum absolute atomic E-state index is 0.0722. The zero-order valence-electron chi connectivity index (χ0n) is 18.3. The van der Waals surface area contributed by atoms with E-state index < -0.39 is 6.04 Å². The van der Waals surface area contributed by atoms with Crippen molar-refractivity contribution in [1.29, 1.82) is 0 Å². The number of nitrogens with zero attached hydrogens (tertiary/aromatic N) is 1. The Morgan fingerprint density at radius 2 is 1.67 bits per heavy atom. The SMILES string of the molecule is CCNC(=O)[C@H](C)N(Cc1ccc(OC)cc1)C(=O)CCCOc1ccc(C)cc1. The summed E-state index contributed by atoms with van der Waals surface area (Å²) in [5.41, 5.74) is 2.11. The van der Waals surface area contributed by atoms with Gasteiger partial charge < -0.3 is 19.7 Å². The van der Waals surface area contributed by atoms with Crippen LogP contribution in [0.3, 0.4) is 0 Å². The van der Waals surface area contributed by atoms with E-state index in [1.807, 2.05) is 62.4 Å². The minimum atomic E-state index is -0.558. The number of carbonyl (C=O) groups is 2. The summed E-state index contributed by atoms with van der Waals surface area (Å²) in [6, 6.07) is 14.8. The van der Waals surface area contributed by atoms with Crippen molar-refractivity contribution in [3.8, 4) is 11.5 Å². The number of rotatable bonds is 11. The average Bonchev–Trinajstić information content (AvgIpc) is 2.76. The highest BCUT2D eigenvalue weighted by Crippen LogP contribution is 2.16. The third kappa shape index (κ3) is 7.10. The Kier molecular flexibility index (Phi) is 9.19. The second-order valence-electron chi connectivity index (χ2n) is 7.21. The molecule has 0 unspecified atom stereocenters. The predicted octanol–water partition coefficient (Wildman–Crippen LogP) is 3.72. The van der Waals surface area contributed by atoms with Crippen molar-refractivity contribution in [3.63, 3.8) is 0 Å². The number of amides is 2. The highest BCUT2D eigenvalue weighted by molar-refractivity contribution is 5.87. The third-order valence-corrected chi connectivity index (χ3v) is 4.85. The van der Waals surface area contributed by atoms with Crippen LogP contribution in [-0.4, -0.2) is 43.0 Å². The number of nitrogens with one attached hydrogen (secondary N) is 1. The van der Waals surface area contributed by atoms with Crippen molar-refractivity contribution in [1.82, 2.24) is 10.2 Å². The van der Waals surface area contributed by atoms with Crippen LogP contribution >= 0.6 is 0 Å². The summed E-state index contributed by atoms with van der Waals surface area (Å²) < 4.78 is 10.9. The summed E-state index contributed by atoms with van der Waals surface area (Å²) in [6.07, 6.45) is 0.889. The topological polar surface area (TPSA) is 67.9 Å². The number of hydrogen-bond donors (Lipinski definition) is 1. The Labute approximate surface area is 179 Å². The zero-order chi connectivity index (χ0) is 21.9. The molecule has 0 saturated carbocycles. The van der Waals surface area contributed by atoms with Crippen LogP contribution in [0.1, 0.15) is 37.8 Å². The molecule has 1 atom stereocenters. The van der Waals surface area contributed by atoms with E-state index in [0.29, 0.717) is 32.5 Å². The quantitative estimate of drug-likeness (QED) is 0.571. The van der Waals surface area contributed by atoms with Crippen molar-refractivity contribution in [2.45, 2.75) is 46.2 Å². The largest absolute Gasteiger partial charge is 0.497 e. The third-order valence-electron chi connectivity index (χ3n) is 4.85. The first-order valence-electron chi connectivity index (χ1n) is 10.3. The molecule has 0 bridgehead atoms. The molecule has 0 aliphatic heterocycles. The zero-order valence-corrected chi connectivity index (χ0v) is 18.3. The average molecular weight is 413 g/mol. The molecule has 0 radical (unpaired) electrons. The molecule has 0 fully saturated rings. The summed E-state index contributed by atoms with van der Waals surface area (Å²) in [7, 11) is 1.61. The lowest BCUT2D eigenvalue weighted by molar-refractivity contribution is -0.140. The molecule has 162 valence electrons. The van der Waals surface area contributed by atoms with Crippen LogP contribution in [-0.2, 0) is 16.1 Å². The fourth-order valence-corrected chi connectivity index (χ4v) is 3.02. The number of methoxy groups -OCH3 is 1. The molecule has 6 heteroatoms. The predicted molar refractivity (Wildman–Crippen MR) is 118 cm³/mol. The first-order chi connectivity index (χ1) is 14.4. The fraction of sp³-hybridized carbons (Fsp3) is 0.417. The van der Waals surface area contributed by atoms with E-state index in [1.54, 1.807) is 18.9 Å². The molecule has 0 aliphatic carbocycles. The number of aryl methyl sites for hydroxylation is 1. The maximum Gasteiger partial charge on any atom is 0.242 e. The summed E-state index contributed by atoms with van der Waals surface area (Å²) in [5.74, 6) is 1.31. The normalized spacial score (nSPS) is 11.5. The van der Waals surface area contributed by atoms with Gasteiger partial charge in [0.25, 0.3) is 0 Å². The van der Waals surface area contributed by atoms with E-state index in [-0.39, 0.29) is 11.8 Å². The maximum absolute atomic E-state index is 12.9. The van der Waals surface area contributed by atoms with Gasteiger partial charge in [-0.1, -0.05) is 29.8 Å². The molecule has 0 aliphatic rings. The van der Waals surface area contributed by atoms with Crippen molar-refractivity contribution >= 4 is 11.8 Å². The Morgan fingerprint density at radius 3 is 2.27 bits per heavy atom. The van der Waals surface area contributed by atoms with Gasteiger partial charge in [-0.15, -0.1) is 0 Å². The lowest BCUT2D eigenvalue weighted by Crippen LogP contribution is -2.47. The molecule has 1 N–H and O–H groups in total. The molecule has 2 amide bonds. The molecule has 30 heavy (non-hydrogen) atoms. The van der Waals surface area contributed by atoms with Crippen molar-refractivity contribution < 1.29 is 19.1 Å². The van der Waals surface area contributed by atoms with Gasteiger partial charge in [0.1, 0.15) is 17.5 Å². The monoisotopic (exact) mass is 412 g/mol. The molecule has 2 aromatic rings. The van der Waals surface area contributed by atoms with Crippen molar-refractivity contribution in [2.24, 2.45) is 0 Å². The number of ether oxygens (including phenoxy) is 2. The standard InChI is InChI=1S/C24H32N2O4/c1-5-25-24(28)19(3)26(17-20-10-14-21(29-4)15-11-20)23(27)7-6-16-30-22-12-8-18(2)9-13-22/h8-15,19H,5-7,16-17H2,1-4H3,(H,25,28)/t19-/m0/s1. The van der Waals surface area contributed by atoms with Gasteiger partial charge in [-0.2, -0.15) is 0 Å². The fourth-order valence-electron chi connectivity index (χ4n) is 3.02. The van der Waals surface area contributed by atoms with Crippen LogP contribution in [0.15, 0.2) is 48.5 Å². The van der Waals surface area contributed by atoms with Crippen LogP contribution in [0.2, 0.25) is 0 Å². The van der Waals surface area contributed by atoms with Gasteiger partial charge in [0.05, 0.1) is 13.7 Å². The van der Waals surface area contributed by atoms with Crippen LogP contribution in [0.25, 0.3) is 0 Å².